The summed E-state index contributed by atoms with van der Waals surface area (Å²) in [6, 6.07) is 0. The van der Waals surface area contributed by atoms with Crippen molar-refractivity contribution >= 4 is 27.5 Å². The minimum Gasteiger partial charge on any atom is -0.395 e. The molecule has 0 saturated heterocycles. The molecule has 0 aromatic rings. The Morgan fingerprint density at radius 3 is 2.29 bits per heavy atom. The van der Waals surface area contributed by atoms with Crippen molar-refractivity contribution in [3.8, 4) is 0 Å². The van der Waals surface area contributed by atoms with E-state index in [1.165, 1.54) is 0 Å². The van der Waals surface area contributed by atoms with Crippen LogP contribution in [0.25, 0.3) is 0 Å². The van der Waals surface area contributed by atoms with Gasteiger partial charge in [-0.25, -0.2) is 0 Å². The molecule has 0 aliphatic heterocycles. The third-order valence-corrected chi connectivity index (χ3v) is 2.42. The van der Waals surface area contributed by atoms with Crippen LogP contribution in [0.3, 0.4) is 0 Å². The molecule has 1 atom stereocenters. The van der Waals surface area contributed by atoms with Crippen LogP contribution in [-0.4, -0.2) is 21.9 Å². The number of rotatable bonds is 2. The minimum atomic E-state index is -0.472. The molecule has 1 nitrogen and oxygen atoms in total. The predicted molar refractivity (Wildman–Crippen MR) is 35.1 cm³/mol. The zero-order valence-corrected chi connectivity index (χ0v) is 6.46. The predicted octanol–water partition coefficient (Wildman–Crippen LogP) is 1.37. The highest BCUT2D eigenvalue weighted by Crippen LogP contribution is 2.14. The maximum Gasteiger partial charge on any atom is 0.0745 e. The van der Waals surface area contributed by atoms with Gasteiger partial charge in [0.1, 0.15) is 0 Å². The van der Waals surface area contributed by atoms with Gasteiger partial charge in [0.05, 0.1) is 11.5 Å². The van der Waals surface area contributed by atoms with Crippen molar-refractivity contribution in [3.63, 3.8) is 0 Å². The van der Waals surface area contributed by atoms with Crippen molar-refractivity contribution in [1.29, 1.82) is 0 Å². The number of aliphatic hydroxyl groups excluding tert-OH is 1. The van der Waals surface area contributed by atoms with Gasteiger partial charge in [0.2, 0.25) is 0 Å². The van der Waals surface area contributed by atoms with E-state index in [1.54, 1.807) is 6.92 Å². The summed E-state index contributed by atoms with van der Waals surface area (Å²) in [5.74, 6) is 0. The molecule has 0 saturated carbocycles. The number of aliphatic hydroxyl groups is 1. The van der Waals surface area contributed by atoms with Crippen LogP contribution < -0.4 is 0 Å². The smallest absolute Gasteiger partial charge is 0.0745 e. The molecular weight excluding hydrogens is 179 g/mol. The Hall–Kier alpha value is 0.730. The second-order valence-electron chi connectivity index (χ2n) is 1.71. The first-order chi connectivity index (χ1) is 3.12. The van der Waals surface area contributed by atoms with Gasteiger partial charge in [0.25, 0.3) is 0 Å². The number of hydrogen-bond donors (Lipinski definition) is 1. The third kappa shape index (κ3) is 3.32. The average Bonchev–Trinajstić information content (AvgIpc) is 1.68. The first-order valence-corrected chi connectivity index (χ1v) is 3.48. The molecule has 0 aromatic heterocycles. The van der Waals surface area contributed by atoms with Crippen molar-refractivity contribution in [2.75, 3.05) is 11.9 Å². The Kier molecular flexibility index (Phi) is 3.20. The quantitative estimate of drug-likeness (QED) is 0.648. The molecule has 3 heteroatoms. The van der Waals surface area contributed by atoms with Gasteiger partial charge in [0, 0.05) is 5.33 Å². The van der Waals surface area contributed by atoms with Gasteiger partial charge in [0.15, 0.2) is 0 Å². The summed E-state index contributed by atoms with van der Waals surface area (Å²) in [5.41, 5.74) is 0. The van der Waals surface area contributed by atoms with Crippen molar-refractivity contribution in [1.82, 2.24) is 0 Å². The Labute approximate surface area is 56.8 Å². The van der Waals surface area contributed by atoms with Crippen LogP contribution in [0.1, 0.15) is 6.92 Å². The van der Waals surface area contributed by atoms with Gasteiger partial charge in [-0.05, 0) is 6.92 Å². The molecular formula is C4H8BrClO. The maximum atomic E-state index is 8.43. The lowest BCUT2D eigenvalue weighted by atomic mass is 10.2. The van der Waals surface area contributed by atoms with Gasteiger partial charge in [-0.15, -0.1) is 11.6 Å². The maximum absolute atomic E-state index is 8.43. The molecule has 0 aromatic carbocycles. The SMILES string of the molecule is C[C@](Cl)(CO)CBr. The fourth-order valence-electron chi connectivity index (χ4n) is 0.0423. The lowest BCUT2D eigenvalue weighted by molar-refractivity contribution is 0.264. The molecule has 0 rings (SSSR count). The van der Waals surface area contributed by atoms with Gasteiger partial charge in [-0.1, -0.05) is 15.9 Å². The van der Waals surface area contributed by atoms with Gasteiger partial charge < -0.3 is 5.11 Å². The first-order valence-electron chi connectivity index (χ1n) is 1.98. The Bertz CT molecular complexity index is 49.7. The Balaban J connectivity index is 3.36. The van der Waals surface area contributed by atoms with Crippen LogP contribution in [0.2, 0.25) is 0 Å². The summed E-state index contributed by atoms with van der Waals surface area (Å²) in [5, 5.41) is 9.06. The largest absolute Gasteiger partial charge is 0.395 e. The second kappa shape index (κ2) is 2.90. The Morgan fingerprint density at radius 1 is 1.86 bits per heavy atom. The monoisotopic (exact) mass is 186 g/mol. The summed E-state index contributed by atoms with van der Waals surface area (Å²) in [7, 11) is 0. The highest BCUT2D eigenvalue weighted by atomic mass is 79.9. The van der Waals surface area contributed by atoms with Crippen LogP contribution in [0.4, 0.5) is 0 Å². The molecule has 0 heterocycles. The van der Waals surface area contributed by atoms with E-state index in [1.807, 2.05) is 0 Å². The topological polar surface area (TPSA) is 20.2 Å². The summed E-state index contributed by atoms with van der Waals surface area (Å²) in [4.78, 5) is -0.472. The zero-order valence-electron chi connectivity index (χ0n) is 4.12. The molecule has 0 amide bonds. The van der Waals surface area contributed by atoms with Gasteiger partial charge in [-0.3, -0.25) is 0 Å². The molecule has 0 spiro atoms. The van der Waals surface area contributed by atoms with Crippen molar-refractivity contribution in [3.05, 3.63) is 0 Å². The fourth-order valence-corrected chi connectivity index (χ4v) is 0.220. The molecule has 1 N–H and O–H groups in total. The molecule has 0 radical (unpaired) electrons. The summed E-state index contributed by atoms with van der Waals surface area (Å²) in [6.07, 6.45) is 0. The normalized spacial score (nSPS) is 18.9. The number of alkyl halides is 2. The summed E-state index contributed by atoms with van der Waals surface area (Å²) < 4.78 is 0. The van der Waals surface area contributed by atoms with E-state index in [0.717, 1.165) is 0 Å². The molecule has 0 aliphatic carbocycles. The number of halogens is 2. The molecule has 0 unspecified atom stereocenters. The lowest BCUT2D eigenvalue weighted by Gasteiger charge is -2.12. The van der Waals surface area contributed by atoms with Crippen molar-refractivity contribution < 1.29 is 5.11 Å². The van der Waals surface area contributed by atoms with Gasteiger partial charge >= 0.3 is 0 Å². The summed E-state index contributed by atoms with van der Waals surface area (Å²) in [6.45, 7) is 1.78. The third-order valence-electron chi connectivity index (χ3n) is 0.608. The molecule has 44 valence electrons. The fraction of sp³-hybridized carbons (Fsp3) is 1.00. The van der Waals surface area contributed by atoms with Crippen LogP contribution in [-0.2, 0) is 0 Å². The molecule has 7 heavy (non-hydrogen) atoms. The standard InChI is InChI=1S/C4H8BrClO/c1-4(6,2-5)3-7/h7H,2-3H2,1H3/t4-/m1/s1. The number of hydrogen-bond acceptors (Lipinski definition) is 1. The van der Waals surface area contributed by atoms with Crippen molar-refractivity contribution in [2.45, 2.75) is 11.8 Å². The van der Waals surface area contributed by atoms with Crippen LogP contribution >= 0.6 is 27.5 Å². The second-order valence-corrected chi connectivity index (χ2v) is 3.18. The first kappa shape index (κ1) is 7.73. The highest BCUT2D eigenvalue weighted by molar-refractivity contribution is 9.09. The van der Waals surface area contributed by atoms with E-state index in [2.05, 4.69) is 15.9 Å². The molecule has 0 fully saturated rings. The van der Waals surface area contributed by atoms with Crippen LogP contribution in [0.15, 0.2) is 0 Å². The van der Waals surface area contributed by atoms with E-state index in [0.29, 0.717) is 5.33 Å². The van der Waals surface area contributed by atoms with Crippen LogP contribution in [0, 0.1) is 0 Å². The van der Waals surface area contributed by atoms with E-state index in [9.17, 15) is 0 Å². The Morgan fingerprint density at radius 2 is 2.29 bits per heavy atom. The minimum absolute atomic E-state index is 0.0137. The lowest BCUT2D eigenvalue weighted by Crippen LogP contribution is -2.22. The average molecular weight is 187 g/mol. The summed E-state index contributed by atoms with van der Waals surface area (Å²) >= 11 is 8.75. The van der Waals surface area contributed by atoms with E-state index in [4.69, 9.17) is 16.7 Å². The molecule has 0 bridgehead atoms. The van der Waals surface area contributed by atoms with Gasteiger partial charge in [-0.2, -0.15) is 0 Å². The highest BCUT2D eigenvalue weighted by Gasteiger charge is 2.16. The van der Waals surface area contributed by atoms with E-state index >= 15 is 0 Å². The van der Waals surface area contributed by atoms with E-state index < -0.39 is 4.87 Å². The van der Waals surface area contributed by atoms with E-state index in [-0.39, 0.29) is 6.61 Å². The zero-order chi connectivity index (χ0) is 5.91. The van der Waals surface area contributed by atoms with Crippen molar-refractivity contribution in [2.24, 2.45) is 0 Å². The van der Waals surface area contributed by atoms with Crippen LogP contribution in [0.5, 0.6) is 0 Å². The molecule has 0 aliphatic rings.